The van der Waals surface area contributed by atoms with Crippen molar-refractivity contribution in [2.24, 2.45) is 11.7 Å². The second-order valence-electron chi connectivity index (χ2n) is 4.16. The maximum atomic E-state index is 9.59. The van der Waals surface area contributed by atoms with Crippen molar-refractivity contribution in [3.05, 3.63) is 17.7 Å². The topological polar surface area (TPSA) is 86.7 Å². The van der Waals surface area contributed by atoms with Crippen LogP contribution in [0.5, 0.6) is 17.2 Å². The Morgan fingerprint density at radius 3 is 2.47 bits per heavy atom. The van der Waals surface area contributed by atoms with Gasteiger partial charge in [-0.15, -0.1) is 0 Å². The van der Waals surface area contributed by atoms with Crippen LogP contribution in [0.15, 0.2) is 12.1 Å². The summed E-state index contributed by atoms with van der Waals surface area (Å²) in [6, 6.07) is 2.62. The second kappa shape index (κ2) is 3.62. The highest BCUT2D eigenvalue weighted by Gasteiger charge is 2.26. The Hall–Kier alpha value is -1.42. The third kappa shape index (κ3) is 1.99. The normalized spacial score (nSPS) is 17.7. The molecule has 0 radical (unpaired) electrons. The van der Waals surface area contributed by atoms with Gasteiger partial charge in [-0.05, 0) is 24.5 Å². The number of rotatable bonds is 3. The van der Waals surface area contributed by atoms with Gasteiger partial charge in [0.1, 0.15) is 0 Å². The number of hydrogen-bond donors (Lipinski definition) is 4. The van der Waals surface area contributed by atoms with Crippen LogP contribution in [0.3, 0.4) is 0 Å². The molecule has 1 aliphatic carbocycles. The highest BCUT2D eigenvalue weighted by atomic mass is 16.3. The lowest BCUT2D eigenvalue weighted by atomic mass is 10.0. The minimum absolute atomic E-state index is 0.274. The van der Waals surface area contributed by atoms with Crippen LogP contribution in [-0.2, 0) is 0 Å². The molecular formula is C11H15NO3. The van der Waals surface area contributed by atoms with E-state index in [1.54, 1.807) is 6.07 Å². The van der Waals surface area contributed by atoms with E-state index in [4.69, 9.17) is 10.8 Å². The predicted octanol–water partition coefficient (Wildman–Crippen LogP) is 1.60. The highest BCUT2D eigenvalue weighted by Crippen LogP contribution is 2.43. The smallest absolute Gasteiger partial charge is 0.200 e. The fourth-order valence-electron chi connectivity index (χ4n) is 1.72. The van der Waals surface area contributed by atoms with Gasteiger partial charge >= 0.3 is 0 Å². The standard InChI is InChI=1S/C11H15NO3/c12-8(5-6-1-2-6)7-3-4-9(13)11(15)10(7)14/h3-4,6,8,13-15H,1-2,5,12H2/t8-/m1/s1. The van der Waals surface area contributed by atoms with E-state index in [9.17, 15) is 10.2 Å². The van der Waals surface area contributed by atoms with Crippen molar-refractivity contribution >= 4 is 0 Å². The Morgan fingerprint density at radius 1 is 1.20 bits per heavy atom. The molecule has 4 nitrogen and oxygen atoms in total. The van der Waals surface area contributed by atoms with Crippen LogP contribution in [0, 0.1) is 5.92 Å². The van der Waals surface area contributed by atoms with Crippen molar-refractivity contribution in [3.63, 3.8) is 0 Å². The Bertz CT molecular complexity index is 374. The van der Waals surface area contributed by atoms with Crippen LogP contribution in [0.4, 0.5) is 0 Å². The zero-order chi connectivity index (χ0) is 11.0. The summed E-state index contributed by atoms with van der Waals surface area (Å²) in [5.41, 5.74) is 6.40. The molecule has 0 aromatic heterocycles. The molecule has 82 valence electrons. The molecule has 1 aromatic carbocycles. The largest absolute Gasteiger partial charge is 0.504 e. The number of phenols is 3. The molecular weight excluding hydrogens is 194 g/mol. The number of hydrogen-bond acceptors (Lipinski definition) is 4. The van der Waals surface area contributed by atoms with E-state index in [0.29, 0.717) is 11.5 Å². The van der Waals surface area contributed by atoms with Crippen LogP contribution in [0.1, 0.15) is 30.9 Å². The fourth-order valence-corrected chi connectivity index (χ4v) is 1.72. The molecule has 1 atom stereocenters. The molecule has 1 aliphatic rings. The Kier molecular flexibility index (Phi) is 2.44. The maximum absolute atomic E-state index is 9.59. The molecule has 0 aliphatic heterocycles. The van der Waals surface area contributed by atoms with E-state index >= 15 is 0 Å². The van der Waals surface area contributed by atoms with Gasteiger partial charge in [0.05, 0.1) is 0 Å². The average molecular weight is 209 g/mol. The van der Waals surface area contributed by atoms with Gasteiger partial charge in [-0.2, -0.15) is 0 Å². The summed E-state index contributed by atoms with van der Waals surface area (Å²) in [7, 11) is 0. The summed E-state index contributed by atoms with van der Waals surface area (Å²) in [5.74, 6) is -0.466. The number of aromatic hydroxyl groups is 3. The molecule has 4 heteroatoms. The predicted molar refractivity (Wildman–Crippen MR) is 55.7 cm³/mol. The van der Waals surface area contributed by atoms with Gasteiger partial charge in [-0.25, -0.2) is 0 Å². The monoisotopic (exact) mass is 209 g/mol. The van der Waals surface area contributed by atoms with Crippen molar-refractivity contribution in [3.8, 4) is 17.2 Å². The van der Waals surface area contributed by atoms with E-state index in [1.165, 1.54) is 18.9 Å². The molecule has 15 heavy (non-hydrogen) atoms. The SMILES string of the molecule is N[C@H](CC1CC1)c1ccc(O)c(O)c1O. The average Bonchev–Trinajstić information content (AvgIpc) is 2.98. The van der Waals surface area contributed by atoms with E-state index in [-0.39, 0.29) is 17.5 Å². The lowest BCUT2D eigenvalue weighted by Crippen LogP contribution is -2.11. The van der Waals surface area contributed by atoms with Gasteiger partial charge in [0, 0.05) is 11.6 Å². The van der Waals surface area contributed by atoms with E-state index in [0.717, 1.165) is 6.42 Å². The Labute approximate surface area is 88.0 Å². The molecule has 0 spiro atoms. The van der Waals surface area contributed by atoms with Crippen LogP contribution < -0.4 is 5.73 Å². The van der Waals surface area contributed by atoms with Crippen LogP contribution in [0.2, 0.25) is 0 Å². The van der Waals surface area contributed by atoms with Crippen molar-refractivity contribution < 1.29 is 15.3 Å². The van der Waals surface area contributed by atoms with E-state index < -0.39 is 5.75 Å². The van der Waals surface area contributed by atoms with Crippen molar-refractivity contribution in [2.45, 2.75) is 25.3 Å². The van der Waals surface area contributed by atoms with Crippen LogP contribution >= 0.6 is 0 Å². The third-order valence-electron chi connectivity index (χ3n) is 2.84. The molecule has 0 unspecified atom stereocenters. The molecule has 2 rings (SSSR count). The quantitative estimate of drug-likeness (QED) is 0.569. The molecule has 5 N–H and O–H groups in total. The lowest BCUT2D eigenvalue weighted by Gasteiger charge is -2.14. The third-order valence-corrected chi connectivity index (χ3v) is 2.84. The van der Waals surface area contributed by atoms with Gasteiger partial charge in [0.15, 0.2) is 11.5 Å². The first-order chi connectivity index (χ1) is 7.09. The summed E-state index contributed by atoms with van der Waals surface area (Å²) in [5, 5.41) is 28.1. The van der Waals surface area contributed by atoms with Crippen LogP contribution in [-0.4, -0.2) is 15.3 Å². The Balaban J connectivity index is 2.22. The fraction of sp³-hybridized carbons (Fsp3) is 0.455. The first-order valence-corrected chi connectivity index (χ1v) is 5.09. The molecule has 0 saturated heterocycles. The summed E-state index contributed by atoms with van der Waals surface area (Å²) in [6.45, 7) is 0. The molecule has 0 amide bonds. The van der Waals surface area contributed by atoms with Crippen molar-refractivity contribution in [2.75, 3.05) is 0 Å². The van der Waals surface area contributed by atoms with Crippen molar-refractivity contribution in [1.29, 1.82) is 0 Å². The minimum Gasteiger partial charge on any atom is -0.504 e. The van der Waals surface area contributed by atoms with E-state index in [1.807, 2.05) is 0 Å². The summed E-state index contributed by atoms with van der Waals surface area (Å²) < 4.78 is 0. The molecule has 1 fully saturated rings. The zero-order valence-electron chi connectivity index (χ0n) is 8.35. The number of nitrogens with two attached hydrogens (primary N) is 1. The number of phenolic OH excluding ortho intramolecular Hbond substituents is 3. The first kappa shape index (κ1) is 10.1. The first-order valence-electron chi connectivity index (χ1n) is 5.09. The minimum atomic E-state index is -0.487. The molecule has 0 heterocycles. The summed E-state index contributed by atoms with van der Waals surface area (Å²) in [4.78, 5) is 0. The van der Waals surface area contributed by atoms with Gasteiger partial charge in [0.25, 0.3) is 0 Å². The van der Waals surface area contributed by atoms with Crippen LogP contribution in [0.25, 0.3) is 0 Å². The van der Waals surface area contributed by atoms with Gasteiger partial charge in [-0.3, -0.25) is 0 Å². The second-order valence-corrected chi connectivity index (χ2v) is 4.16. The zero-order valence-corrected chi connectivity index (χ0v) is 8.35. The van der Waals surface area contributed by atoms with Gasteiger partial charge in [-0.1, -0.05) is 12.8 Å². The molecule has 1 saturated carbocycles. The van der Waals surface area contributed by atoms with Gasteiger partial charge in [0.2, 0.25) is 5.75 Å². The van der Waals surface area contributed by atoms with Gasteiger partial charge < -0.3 is 21.1 Å². The lowest BCUT2D eigenvalue weighted by molar-refractivity contribution is 0.361. The highest BCUT2D eigenvalue weighted by molar-refractivity contribution is 5.54. The number of benzene rings is 1. The summed E-state index contributed by atoms with van der Waals surface area (Å²) >= 11 is 0. The molecule has 0 bridgehead atoms. The Morgan fingerprint density at radius 2 is 1.87 bits per heavy atom. The summed E-state index contributed by atoms with van der Waals surface area (Å²) in [6.07, 6.45) is 3.20. The van der Waals surface area contributed by atoms with E-state index in [2.05, 4.69) is 0 Å². The maximum Gasteiger partial charge on any atom is 0.200 e. The molecule has 1 aromatic rings. The van der Waals surface area contributed by atoms with Crippen molar-refractivity contribution in [1.82, 2.24) is 0 Å².